The van der Waals surface area contributed by atoms with Gasteiger partial charge in [-0.15, -0.1) is 0 Å². The lowest BCUT2D eigenvalue weighted by Gasteiger charge is -2.14. The summed E-state index contributed by atoms with van der Waals surface area (Å²) in [4.78, 5) is 0. The molecule has 0 bridgehead atoms. The van der Waals surface area contributed by atoms with Crippen LogP contribution in [-0.4, -0.2) is 11.7 Å². The molecule has 2 aromatic carbocycles. The Balaban J connectivity index is 2.09. The third-order valence-electron chi connectivity index (χ3n) is 3.12. The van der Waals surface area contributed by atoms with Crippen molar-refractivity contribution in [3.8, 4) is 0 Å². The van der Waals surface area contributed by atoms with Gasteiger partial charge in [0.1, 0.15) is 17.5 Å². The molecule has 0 heterocycles. The lowest BCUT2D eigenvalue weighted by molar-refractivity contribution is 0.224. The minimum absolute atomic E-state index is 0.130. The van der Waals surface area contributed by atoms with Gasteiger partial charge in [0.2, 0.25) is 0 Å². The summed E-state index contributed by atoms with van der Waals surface area (Å²) < 4.78 is 39.3. The van der Waals surface area contributed by atoms with E-state index in [9.17, 15) is 18.3 Å². The molecular formula is C16H15F3O. The first-order valence-electron chi connectivity index (χ1n) is 6.37. The van der Waals surface area contributed by atoms with Crippen molar-refractivity contribution in [2.24, 2.45) is 5.92 Å². The van der Waals surface area contributed by atoms with E-state index in [0.717, 1.165) is 11.6 Å². The summed E-state index contributed by atoms with van der Waals surface area (Å²) in [5.41, 5.74) is 1.24. The highest BCUT2D eigenvalue weighted by Crippen LogP contribution is 2.17. The van der Waals surface area contributed by atoms with Gasteiger partial charge in [-0.3, -0.25) is 0 Å². The van der Waals surface area contributed by atoms with Crippen molar-refractivity contribution in [1.29, 1.82) is 0 Å². The molecule has 2 aromatic rings. The van der Waals surface area contributed by atoms with Crippen LogP contribution >= 0.6 is 0 Å². The van der Waals surface area contributed by atoms with Gasteiger partial charge in [0.25, 0.3) is 0 Å². The minimum atomic E-state index is -0.637. The Bertz CT molecular complexity index is 563. The van der Waals surface area contributed by atoms with Crippen LogP contribution in [0.2, 0.25) is 0 Å². The van der Waals surface area contributed by atoms with Crippen molar-refractivity contribution in [2.75, 3.05) is 6.61 Å². The van der Waals surface area contributed by atoms with E-state index in [1.54, 1.807) is 12.1 Å². The van der Waals surface area contributed by atoms with Crippen molar-refractivity contribution >= 4 is 0 Å². The van der Waals surface area contributed by atoms with E-state index in [-0.39, 0.29) is 18.3 Å². The van der Waals surface area contributed by atoms with Crippen LogP contribution in [0, 0.1) is 23.4 Å². The average Bonchev–Trinajstić information content (AvgIpc) is 2.36. The van der Waals surface area contributed by atoms with Crippen molar-refractivity contribution in [1.82, 2.24) is 0 Å². The molecule has 0 aliphatic heterocycles. The summed E-state index contributed by atoms with van der Waals surface area (Å²) in [6.07, 6.45) is 0.786. The van der Waals surface area contributed by atoms with Gasteiger partial charge in [-0.25, -0.2) is 13.2 Å². The molecule has 20 heavy (non-hydrogen) atoms. The van der Waals surface area contributed by atoms with Crippen LogP contribution in [0.5, 0.6) is 0 Å². The summed E-state index contributed by atoms with van der Waals surface area (Å²) in [7, 11) is 0. The minimum Gasteiger partial charge on any atom is -0.396 e. The van der Waals surface area contributed by atoms with Gasteiger partial charge in [-0.05, 0) is 54.2 Å². The Kier molecular flexibility index (Phi) is 4.79. The van der Waals surface area contributed by atoms with Gasteiger partial charge in [-0.1, -0.05) is 12.1 Å². The molecule has 0 radical (unpaired) electrons. The average molecular weight is 280 g/mol. The fourth-order valence-corrected chi connectivity index (χ4v) is 2.26. The molecule has 1 atom stereocenters. The van der Waals surface area contributed by atoms with Crippen molar-refractivity contribution in [3.63, 3.8) is 0 Å². The van der Waals surface area contributed by atoms with E-state index < -0.39 is 11.6 Å². The van der Waals surface area contributed by atoms with Crippen LogP contribution in [0.3, 0.4) is 0 Å². The highest BCUT2D eigenvalue weighted by molar-refractivity contribution is 5.20. The Labute approximate surface area is 115 Å². The zero-order chi connectivity index (χ0) is 14.5. The van der Waals surface area contributed by atoms with Crippen LogP contribution in [0.1, 0.15) is 11.1 Å². The molecule has 1 unspecified atom stereocenters. The third kappa shape index (κ3) is 4.10. The number of hydrogen-bond acceptors (Lipinski definition) is 1. The predicted octanol–water partition coefficient (Wildman–Crippen LogP) is 3.50. The molecule has 106 valence electrons. The van der Waals surface area contributed by atoms with Crippen LogP contribution in [0.25, 0.3) is 0 Å². The Morgan fingerprint density at radius 3 is 2.00 bits per heavy atom. The highest BCUT2D eigenvalue weighted by Gasteiger charge is 2.12. The van der Waals surface area contributed by atoms with Crippen LogP contribution in [0.4, 0.5) is 13.2 Å². The first kappa shape index (κ1) is 14.6. The van der Waals surface area contributed by atoms with E-state index in [0.29, 0.717) is 18.4 Å². The second-order valence-electron chi connectivity index (χ2n) is 4.86. The lowest BCUT2D eigenvalue weighted by atomic mass is 9.93. The van der Waals surface area contributed by atoms with Gasteiger partial charge in [0.05, 0.1) is 0 Å². The van der Waals surface area contributed by atoms with E-state index in [1.165, 1.54) is 24.3 Å². The molecule has 1 nitrogen and oxygen atoms in total. The van der Waals surface area contributed by atoms with Crippen LogP contribution < -0.4 is 0 Å². The summed E-state index contributed by atoms with van der Waals surface area (Å²) >= 11 is 0. The Morgan fingerprint density at radius 2 is 1.40 bits per heavy atom. The fourth-order valence-electron chi connectivity index (χ4n) is 2.26. The van der Waals surface area contributed by atoms with Gasteiger partial charge in [0, 0.05) is 12.7 Å². The molecule has 0 aliphatic carbocycles. The van der Waals surface area contributed by atoms with Crippen molar-refractivity contribution < 1.29 is 18.3 Å². The van der Waals surface area contributed by atoms with E-state index in [4.69, 9.17) is 0 Å². The second kappa shape index (κ2) is 6.57. The number of rotatable bonds is 5. The summed E-state index contributed by atoms with van der Waals surface area (Å²) in [6.45, 7) is -0.130. The SMILES string of the molecule is OCC(Cc1cccc(F)c1)Cc1cc(F)cc(F)c1. The number of benzene rings is 2. The molecule has 0 saturated heterocycles. The number of hydrogen-bond donors (Lipinski definition) is 1. The van der Waals surface area contributed by atoms with Gasteiger partial charge >= 0.3 is 0 Å². The van der Waals surface area contributed by atoms with Crippen LogP contribution in [-0.2, 0) is 12.8 Å². The molecule has 0 aliphatic rings. The fraction of sp³-hybridized carbons (Fsp3) is 0.250. The molecule has 0 amide bonds. The number of aliphatic hydroxyl groups excluding tert-OH is 1. The van der Waals surface area contributed by atoms with Crippen molar-refractivity contribution in [2.45, 2.75) is 12.8 Å². The maximum Gasteiger partial charge on any atom is 0.126 e. The zero-order valence-corrected chi connectivity index (χ0v) is 10.8. The smallest absolute Gasteiger partial charge is 0.126 e. The largest absolute Gasteiger partial charge is 0.396 e. The Hall–Kier alpha value is -1.81. The van der Waals surface area contributed by atoms with Gasteiger partial charge in [-0.2, -0.15) is 0 Å². The van der Waals surface area contributed by atoms with E-state index >= 15 is 0 Å². The summed E-state index contributed by atoms with van der Waals surface area (Å²) in [5, 5.41) is 9.38. The van der Waals surface area contributed by atoms with Crippen molar-refractivity contribution in [3.05, 3.63) is 71.0 Å². The molecule has 1 N–H and O–H groups in total. The molecular weight excluding hydrogens is 265 g/mol. The van der Waals surface area contributed by atoms with Gasteiger partial charge in [0.15, 0.2) is 0 Å². The molecule has 0 aromatic heterocycles. The number of aliphatic hydroxyl groups is 1. The topological polar surface area (TPSA) is 20.2 Å². The zero-order valence-electron chi connectivity index (χ0n) is 10.8. The highest BCUT2D eigenvalue weighted by atomic mass is 19.1. The van der Waals surface area contributed by atoms with Crippen LogP contribution in [0.15, 0.2) is 42.5 Å². The Morgan fingerprint density at radius 1 is 0.800 bits per heavy atom. The molecule has 0 saturated carbocycles. The summed E-state index contributed by atoms with van der Waals surface area (Å²) in [5.74, 6) is -1.82. The maximum absolute atomic E-state index is 13.1. The first-order chi connectivity index (χ1) is 9.56. The van der Waals surface area contributed by atoms with E-state index in [2.05, 4.69) is 0 Å². The monoisotopic (exact) mass is 280 g/mol. The predicted molar refractivity (Wildman–Crippen MR) is 70.7 cm³/mol. The quantitative estimate of drug-likeness (QED) is 0.888. The lowest BCUT2D eigenvalue weighted by Crippen LogP contribution is -2.13. The summed E-state index contributed by atoms with van der Waals surface area (Å²) in [6, 6.07) is 9.41. The third-order valence-corrected chi connectivity index (χ3v) is 3.12. The normalized spacial score (nSPS) is 12.4. The standard InChI is InChI=1S/C16H15F3O/c17-14-3-1-2-11(6-14)4-13(10-20)5-12-7-15(18)9-16(19)8-12/h1-3,6-9,13,20H,4-5,10H2. The second-order valence-corrected chi connectivity index (χ2v) is 4.86. The van der Waals surface area contributed by atoms with Gasteiger partial charge < -0.3 is 5.11 Å². The molecule has 2 rings (SSSR count). The molecule has 0 fully saturated rings. The number of halogens is 3. The first-order valence-corrected chi connectivity index (χ1v) is 6.37. The molecule has 4 heteroatoms. The maximum atomic E-state index is 13.1. The molecule has 0 spiro atoms. The van der Waals surface area contributed by atoms with E-state index in [1.807, 2.05) is 0 Å².